The summed E-state index contributed by atoms with van der Waals surface area (Å²) >= 11 is 0. The number of rotatable bonds is 2. The Morgan fingerprint density at radius 1 is 1.73 bits per heavy atom. The lowest BCUT2D eigenvalue weighted by Crippen LogP contribution is -2.12. The quantitative estimate of drug-likeness (QED) is 0.673. The standard InChI is InChI=1S/C7H8F2O2/c1-7(6(10)11)3-4(7)2-5(8)9/h2,4H,3H2,1H3,(H,10,11). The van der Waals surface area contributed by atoms with Gasteiger partial charge in [0.1, 0.15) is 0 Å². The molecule has 1 N–H and O–H groups in total. The van der Waals surface area contributed by atoms with Crippen molar-refractivity contribution >= 4 is 5.97 Å². The number of carboxylic acids is 1. The first-order valence-electron chi connectivity index (χ1n) is 3.23. The molecule has 1 rings (SSSR count). The van der Waals surface area contributed by atoms with Gasteiger partial charge in [-0.25, -0.2) is 0 Å². The van der Waals surface area contributed by atoms with E-state index < -0.39 is 23.4 Å². The Balaban J connectivity index is 2.61. The molecule has 0 bridgehead atoms. The molecule has 62 valence electrons. The van der Waals surface area contributed by atoms with Crippen LogP contribution in [-0.4, -0.2) is 11.1 Å². The normalized spacial score (nSPS) is 34.6. The van der Waals surface area contributed by atoms with E-state index in [1.165, 1.54) is 6.92 Å². The van der Waals surface area contributed by atoms with Gasteiger partial charge in [-0.15, -0.1) is 0 Å². The van der Waals surface area contributed by atoms with Crippen LogP contribution in [0.25, 0.3) is 0 Å². The van der Waals surface area contributed by atoms with E-state index in [9.17, 15) is 13.6 Å². The fourth-order valence-corrected chi connectivity index (χ4v) is 1.04. The van der Waals surface area contributed by atoms with E-state index >= 15 is 0 Å². The summed E-state index contributed by atoms with van der Waals surface area (Å²) in [4.78, 5) is 10.4. The monoisotopic (exact) mass is 162 g/mol. The minimum atomic E-state index is -1.79. The van der Waals surface area contributed by atoms with Gasteiger partial charge in [0, 0.05) is 0 Å². The third-order valence-electron chi connectivity index (χ3n) is 2.12. The number of carbonyl (C=O) groups is 1. The van der Waals surface area contributed by atoms with Crippen LogP contribution in [0.2, 0.25) is 0 Å². The van der Waals surface area contributed by atoms with Crippen LogP contribution in [0.1, 0.15) is 13.3 Å². The highest BCUT2D eigenvalue weighted by Gasteiger charge is 2.55. The van der Waals surface area contributed by atoms with Gasteiger partial charge in [0.05, 0.1) is 5.41 Å². The Kier molecular flexibility index (Phi) is 1.70. The van der Waals surface area contributed by atoms with Gasteiger partial charge >= 0.3 is 5.97 Å². The van der Waals surface area contributed by atoms with Crippen molar-refractivity contribution in [2.24, 2.45) is 11.3 Å². The largest absolute Gasteiger partial charge is 0.481 e. The Morgan fingerprint density at radius 2 is 2.27 bits per heavy atom. The van der Waals surface area contributed by atoms with Crippen molar-refractivity contribution in [3.05, 3.63) is 12.2 Å². The molecule has 0 aliphatic heterocycles. The van der Waals surface area contributed by atoms with Crippen molar-refractivity contribution in [3.8, 4) is 0 Å². The Bertz CT molecular complexity index is 220. The zero-order valence-corrected chi connectivity index (χ0v) is 5.97. The highest BCUT2D eigenvalue weighted by molar-refractivity contribution is 5.78. The molecule has 0 heterocycles. The zero-order valence-electron chi connectivity index (χ0n) is 5.97. The van der Waals surface area contributed by atoms with Gasteiger partial charge in [-0.3, -0.25) is 4.79 Å². The minimum absolute atomic E-state index is 0.319. The SMILES string of the molecule is CC1(C(=O)O)CC1C=C(F)F. The van der Waals surface area contributed by atoms with Gasteiger partial charge in [0.2, 0.25) is 0 Å². The number of allylic oxidation sites excluding steroid dienone is 1. The molecule has 0 spiro atoms. The molecule has 1 aliphatic carbocycles. The molecule has 2 atom stereocenters. The van der Waals surface area contributed by atoms with E-state index in [1.54, 1.807) is 0 Å². The molecular formula is C7H8F2O2. The average Bonchev–Trinajstić information content (AvgIpc) is 2.42. The molecule has 11 heavy (non-hydrogen) atoms. The fourth-order valence-electron chi connectivity index (χ4n) is 1.04. The van der Waals surface area contributed by atoms with Crippen molar-refractivity contribution in [3.63, 3.8) is 0 Å². The van der Waals surface area contributed by atoms with Gasteiger partial charge in [-0.1, -0.05) is 0 Å². The van der Waals surface area contributed by atoms with Gasteiger partial charge < -0.3 is 5.11 Å². The second-order valence-electron chi connectivity index (χ2n) is 2.99. The van der Waals surface area contributed by atoms with Crippen LogP contribution < -0.4 is 0 Å². The van der Waals surface area contributed by atoms with Gasteiger partial charge in [-0.2, -0.15) is 8.78 Å². The van der Waals surface area contributed by atoms with E-state index in [1.807, 2.05) is 0 Å². The Labute approximate surface area is 62.5 Å². The second-order valence-corrected chi connectivity index (χ2v) is 2.99. The number of halogens is 2. The fraction of sp³-hybridized carbons (Fsp3) is 0.571. The maximum Gasteiger partial charge on any atom is 0.309 e. The van der Waals surface area contributed by atoms with E-state index in [-0.39, 0.29) is 0 Å². The predicted molar refractivity (Wildman–Crippen MR) is 34.1 cm³/mol. The molecule has 0 radical (unpaired) electrons. The van der Waals surface area contributed by atoms with Crippen LogP contribution >= 0.6 is 0 Å². The molecule has 1 aliphatic rings. The summed E-state index contributed by atoms with van der Waals surface area (Å²) in [5.74, 6) is -1.48. The van der Waals surface area contributed by atoms with Crippen LogP contribution in [-0.2, 0) is 4.79 Å². The molecule has 0 saturated heterocycles. The van der Waals surface area contributed by atoms with Crippen LogP contribution in [0.3, 0.4) is 0 Å². The van der Waals surface area contributed by atoms with E-state index in [4.69, 9.17) is 5.11 Å². The van der Waals surface area contributed by atoms with Crippen molar-refractivity contribution in [2.45, 2.75) is 13.3 Å². The molecule has 1 saturated carbocycles. The molecular weight excluding hydrogens is 154 g/mol. The highest BCUT2D eigenvalue weighted by atomic mass is 19.3. The molecule has 4 heteroatoms. The summed E-state index contributed by atoms with van der Waals surface area (Å²) in [5.41, 5.74) is -0.941. The van der Waals surface area contributed by atoms with Crippen LogP contribution in [0.4, 0.5) is 8.78 Å². The maximum absolute atomic E-state index is 11.6. The molecule has 0 aromatic heterocycles. The average molecular weight is 162 g/mol. The maximum atomic E-state index is 11.6. The third-order valence-corrected chi connectivity index (χ3v) is 2.12. The zero-order chi connectivity index (χ0) is 8.65. The predicted octanol–water partition coefficient (Wildman–Crippen LogP) is 1.88. The number of carboxylic acid groups (broad SMARTS) is 1. The Morgan fingerprint density at radius 3 is 2.55 bits per heavy atom. The van der Waals surface area contributed by atoms with Crippen molar-refractivity contribution in [1.29, 1.82) is 0 Å². The summed E-state index contributed by atoms with van der Waals surface area (Å²) in [6.07, 6.45) is -0.756. The molecule has 1 fully saturated rings. The first kappa shape index (κ1) is 8.17. The molecule has 2 unspecified atom stereocenters. The van der Waals surface area contributed by atoms with Gasteiger partial charge in [0.15, 0.2) is 0 Å². The molecule has 0 aromatic rings. The van der Waals surface area contributed by atoms with E-state index in [0.717, 1.165) is 0 Å². The van der Waals surface area contributed by atoms with E-state index in [0.29, 0.717) is 12.5 Å². The molecule has 0 aromatic carbocycles. The number of hydrogen-bond acceptors (Lipinski definition) is 1. The van der Waals surface area contributed by atoms with Crippen LogP contribution in [0.5, 0.6) is 0 Å². The first-order chi connectivity index (χ1) is 4.97. The van der Waals surface area contributed by atoms with E-state index in [2.05, 4.69) is 0 Å². The summed E-state index contributed by atoms with van der Waals surface area (Å²) < 4.78 is 23.2. The molecule has 2 nitrogen and oxygen atoms in total. The van der Waals surface area contributed by atoms with Gasteiger partial charge in [-0.05, 0) is 25.3 Å². The van der Waals surface area contributed by atoms with Gasteiger partial charge in [0.25, 0.3) is 6.08 Å². The van der Waals surface area contributed by atoms with Crippen LogP contribution in [0.15, 0.2) is 12.2 Å². The topological polar surface area (TPSA) is 37.3 Å². The Hall–Kier alpha value is -0.930. The number of hydrogen-bond donors (Lipinski definition) is 1. The van der Waals surface area contributed by atoms with Crippen molar-refractivity contribution in [1.82, 2.24) is 0 Å². The van der Waals surface area contributed by atoms with Crippen LogP contribution in [0, 0.1) is 11.3 Å². The minimum Gasteiger partial charge on any atom is -0.481 e. The summed E-state index contributed by atoms with van der Waals surface area (Å²) in [6.45, 7) is 1.47. The van der Waals surface area contributed by atoms with Crippen molar-refractivity contribution in [2.75, 3.05) is 0 Å². The molecule has 0 amide bonds. The third kappa shape index (κ3) is 1.39. The number of aliphatic carboxylic acids is 1. The van der Waals surface area contributed by atoms with Crippen molar-refractivity contribution < 1.29 is 18.7 Å². The lowest BCUT2D eigenvalue weighted by Gasteiger charge is -1.99. The lowest BCUT2D eigenvalue weighted by atomic mass is 10.1. The smallest absolute Gasteiger partial charge is 0.309 e. The first-order valence-corrected chi connectivity index (χ1v) is 3.23. The highest BCUT2D eigenvalue weighted by Crippen LogP contribution is 2.53. The summed E-state index contributed by atoms with van der Waals surface area (Å²) in [5, 5.41) is 8.52. The second kappa shape index (κ2) is 2.29. The summed E-state index contributed by atoms with van der Waals surface area (Å²) in [7, 11) is 0. The summed E-state index contributed by atoms with van der Waals surface area (Å²) in [6, 6.07) is 0. The lowest BCUT2D eigenvalue weighted by molar-refractivity contribution is -0.143.